The van der Waals surface area contributed by atoms with Gasteiger partial charge in [0.15, 0.2) is 0 Å². The Labute approximate surface area is 129 Å². The van der Waals surface area contributed by atoms with Gasteiger partial charge in [-0.3, -0.25) is 9.80 Å². The number of piperazine rings is 1. The van der Waals surface area contributed by atoms with Crippen LogP contribution in [0.15, 0.2) is 22.7 Å². The zero-order chi connectivity index (χ0) is 14.5. The van der Waals surface area contributed by atoms with Gasteiger partial charge in [0, 0.05) is 37.2 Å². The second kappa shape index (κ2) is 7.07. The third-order valence-electron chi connectivity index (χ3n) is 3.79. The number of hydrogen-bond donors (Lipinski definition) is 0. The van der Waals surface area contributed by atoms with Crippen LogP contribution in [0.2, 0.25) is 0 Å². The zero-order valence-corrected chi connectivity index (χ0v) is 13.6. The highest BCUT2D eigenvalue weighted by Crippen LogP contribution is 2.24. The number of methoxy groups -OCH3 is 1. The third kappa shape index (κ3) is 3.72. The van der Waals surface area contributed by atoms with Crippen molar-refractivity contribution < 1.29 is 4.74 Å². The first-order valence-electron chi connectivity index (χ1n) is 6.82. The molecule has 0 spiro atoms. The molecule has 0 aliphatic carbocycles. The highest BCUT2D eigenvalue weighted by molar-refractivity contribution is 9.10. The van der Waals surface area contributed by atoms with E-state index in [1.165, 1.54) is 5.56 Å². The van der Waals surface area contributed by atoms with E-state index >= 15 is 0 Å². The molecule has 1 saturated heterocycles. The number of rotatable bonds is 4. The summed E-state index contributed by atoms with van der Waals surface area (Å²) in [7, 11) is 1.69. The maximum atomic E-state index is 8.96. The Morgan fingerprint density at radius 2 is 2.05 bits per heavy atom. The molecule has 0 aromatic heterocycles. The first-order chi connectivity index (χ1) is 9.63. The van der Waals surface area contributed by atoms with Crippen LogP contribution in [-0.4, -0.2) is 49.1 Å². The molecule has 1 aromatic carbocycles. The first-order valence-corrected chi connectivity index (χ1v) is 7.61. The number of benzene rings is 1. The summed E-state index contributed by atoms with van der Waals surface area (Å²) >= 11 is 3.60. The molecule has 4 nitrogen and oxygen atoms in total. The largest absolute Gasteiger partial charge is 0.497 e. The molecule has 1 aliphatic heterocycles. The van der Waals surface area contributed by atoms with Crippen LogP contribution in [0.4, 0.5) is 0 Å². The molecular weight excluding hydrogens is 318 g/mol. The summed E-state index contributed by atoms with van der Waals surface area (Å²) < 4.78 is 6.40. The SMILES string of the molecule is COc1ccc(Br)c(CN2CCN(C(C)C#N)CC2)c1. The predicted octanol–water partition coefficient (Wildman–Crippen LogP) is 2.49. The van der Waals surface area contributed by atoms with Crippen LogP contribution < -0.4 is 4.74 Å². The van der Waals surface area contributed by atoms with Gasteiger partial charge in [-0.25, -0.2) is 0 Å². The minimum absolute atomic E-state index is 0.0145. The van der Waals surface area contributed by atoms with E-state index in [0.29, 0.717) is 0 Å². The number of ether oxygens (including phenoxy) is 1. The summed E-state index contributed by atoms with van der Waals surface area (Å²) in [5.74, 6) is 0.889. The van der Waals surface area contributed by atoms with Crippen LogP contribution >= 0.6 is 15.9 Å². The second-order valence-electron chi connectivity index (χ2n) is 5.07. The van der Waals surface area contributed by atoms with Crippen molar-refractivity contribution in [2.75, 3.05) is 33.3 Å². The van der Waals surface area contributed by atoms with E-state index < -0.39 is 0 Å². The van der Waals surface area contributed by atoms with Crippen LogP contribution in [0, 0.1) is 11.3 Å². The molecule has 0 bridgehead atoms. The summed E-state index contributed by atoms with van der Waals surface area (Å²) in [6, 6.07) is 8.39. The molecule has 20 heavy (non-hydrogen) atoms. The average Bonchev–Trinajstić information content (AvgIpc) is 2.49. The van der Waals surface area contributed by atoms with Crippen molar-refractivity contribution in [1.29, 1.82) is 5.26 Å². The van der Waals surface area contributed by atoms with E-state index in [0.717, 1.165) is 42.9 Å². The molecule has 5 heteroatoms. The molecule has 108 valence electrons. The number of nitrogens with zero attached hydrogens (tertiary/aromatic N) is 3. The van der Waals surface area contributed by atoms with Crippen molar-refractivity contribution in [2.24, 2.45) is 0 Å². The normalized spacial score (nSPS) is 18.5. The first kappa shape index (κ1) is 15.3. The van der Waals surface area contributed by atoms with Crippen molar-refractivity contribution in [2.45, 2.75) is 19.5 Å². The highest BCUT2D eigenvalue weighted by Gasteiger charge is 2.21. The monoisotopic (exact) mass is 337 g/mol. The Hall–Kier alpha value is -1.09. The lowest BCUT2D eigenvalue weighted by Gasteiger charge is -2.36. The van der Waals surface area contributed by atoms with Gasteiger partial charge in [0.2, 0.25) is 0 Å². The van der Waals surface area contributed by atoms with Gasteiger partial charge < -0.3 is 4.74 Å². The van der Waals surface area contributed by atoms with Gasteiger partial charge in [-0.15, -0.1) is 0 Å². The van der Waals surface area contributed by atoms with Crippen LogP contribution in [0.5, 0.6) is 5.75 Å². The van der Waals surface area contributed by atoms with E-state index in [1.54, 1.807) is 7.11 Å². The van der Waals surface area contributed by atoms with E-state index in [1.807, 2.05) is 19.1 Å². The van der Waals surface area contributed by atoms with E-state index in [-0.39, 0.29) is 6.04 Å². The molecule has 1 heterocycles. The number of halogens is 1. The summed E-state index contributed by atoms with van der Waals surface area (Å²) in [5.41, 5.74) is 1.24. The van der Waals surface area contributed by atoms with Gasteiger partial charge in [-0.05, 0) is 30.7 Å². The number of nitriles is 1. The van der Waals surface area contributed by atoms with E-state index in [9.17, 15) is 0 Å². The fourth-order valence-corrected chi connectivity index (χ4v) is 2.80. The topological polar surface area (TPSA) is 39.5 Å². The maximum Gasteiger partial charge on any atom is 0.119 e. The van der Waals surface area contributed by atoms with Gasteiger partial charge >= 0.3 is 0 Å². The molecule has 1 unspecified atom stereocenters. The lowest BCUT2D eigenvalue weighted by molar-refractivity contribution is 0.114. The molecule has 0 radical (unpaired) electrons. The minimum atomic E-state index is 0.0145. The van der Waals surface area contributed by atoms with Gasteiger partial charge in [0.1, 0.15) is 5.75 Å². The van der Waals surface area contributed by atoms with E-state index in [4.69, 9.17) is 10.00 Å². The fraction of sp³-hybridized carbons (Fsp3) is 0.533. The van der Waals surface area contributed by atoms with Crippen LogP contribution in [0.1, 0.15) is 12.5 Å². The molecular formula is C15H20BrN3O. The molecule has 0 amide bonds. The van der Waals surface area contributed by atoms with Crippen LogP contribution in [-0.2, 0) is 6.54 Å². The summed E-state index contributed by atoms with van der Waals surface area (Å²) in [4.78, 5) is 4.65. The fourth-order valence-electron chi connectivity index (χ4n) is 2.43. The molecule has 1 atom stereocenters. The van der Waals surface area contributed by atoms with Gasteiger partial charge in [0.05, 0.1) is 19.2 Å². The van der Waals surface area contributed by atoms with Gasteiger partial charge in [-0.1, -0.05) is 15.9 Å². The lowest BCUT2D eigenvalue weighted by atomic mass is 10.1. The Kier molecular flexibility index (Phi) is 5.41. The van der Waals surface area contributed by atoms with Crippen molar-refractivity contribution in [1.82, 2.24) is 9.80 Å². The standard InChI is InChI=1S/C15H20BrN3O/c1-12(10-17)19-7-5-18(6-8-19)11-13-9-14(20-2)3-4-15(13)16/h3-4,9,12H,5-8,11H2,1-2H3. The second-order valence-corrected chi connectivity index (χ2v) is 5.93. The minimum Gasteiger partial charge on any atom is -0.497 e. The molecule has 0 N–H and O–H groups in total. The Morgan fingerprint density at radius 1 is 1.35 bits per heavy atom. The third-order valence-corrected chi connectivity index (χ3v) is 4.56. The Morgan fingerprint density at radius 3 is 2.65 bits per heavy atom. The number of hydrogen-bond acceptors (Lipinski definition) is 4. The highest BCUT2D eigenvalue weighted by atomic mass is 79.9. The Bertz CT molecular complexity index is 492. The lowest BCUT2D eigenvalue weighted by Crippen LogP contribution is -2.48. The summed E-state index contributed by atoms with van der Waals surface area (Å²) in [6.07, 6.45) is 0. The molecule has 2 rings (SSSR count). The van der Waals surface area contributed by atoms with Crippen molar-refractivity contribution in [3.05, 3.63) is 28.2 Å². The smallest absolute Gasteiger partial charge is 0.119 e. The predicted molar refractivity (Wildman–Crippen MR) is 82.6 cm³/mol. The molecule has 1 fully saturated rings. The quantitative estimate of drug-likeness (QED) is 0.846. The van der Waals surface area contributed by atoms with Crippen LogP contribution in [0.3, 0.4) is 0 Å². The maximum absolute atomic E-state index is 8.96. The summed E-state index contributed by atoms with van der Waals surface area (Å²) in [5, 5.41) is 8.96. The summed E-state index contributed by atoms with van der Waals surface area (Å²) in [6.45, 7) is 6.78. The Balaban J connectivity index is 1.94. The average molecular weight is 338 g/mol. The molecule has 1 aromatic rings. The molecule has 1 aliphatic rings. The van der Waals surface area contributed by atoms with E-state index in [2.05, 4.69) is 37.9 Å². The molecule has 0 saturated carbocycles. The van der Waals surface area contributed by atoms with Crippen molar-refractivity contribution in [3.8, 4) is 11.8 Å². The van der Waals surface area contributed by atoms with Gasteiger partial charge in [-0.2, -0.15) is 5.26 Å². The van der Waals surface area contributed by atoms with Gasteiger partial charge in [0.25, 0.3) is 0 Å². The van der Waals surface area contributed by atoms with Crippen molar-refractivity contribution in [3.63, 3.8) is 0 Å². The zero-order valence-electron chi connectivity index (χ0n) is 12.0. The van der Waals surface area contributed by atoms with Crippen molar-refractivity contribution >= 4 is 15.9 Å². The van der Waals surface area contributed by atoms with Crippen LogP contribution in [0.25, 0.3) is 0 Å².